The highest BCUT2D eigenvalue weighted by molar-refractivity contribution is 9.10. The molecular formula is C14H10Br2ClFO. The summed E-state index contributed by atoms with van der Waals surface area (Å²) in [6.45, 7) is 0. The van der Waals surface area contributed by atoms with Crippen LogP contribution in [0.2, 0.25) is 5.02 Å². The Morgan fingerprint density at radius 3 is 2.58 bits per heavy atom. The second kappa shape index (κ2) is 6.25. The standard InChI is InChI=1S/C14H10Br2ClFO/c1-19-13-5-2-8(6-12(13)18)14(16)10-7-9(15)3-4-11(10)17/h2-7,14H,1H3. The van der Waals surface area contributed by atoms with Crippen molar-refractivity contribution < 1.29 is 9.13 Å². The van der Waals surface area contributed by atoms with E-state index in [9.17, 15) is 4.39 Å². The van der Waals surface area contributed by atoms with Crippen LogP contribution in [-0.4, -0.2) is 7.11 Å². The molecule has 0 aliphatic carbocycles. The van der Waals surface area contributed by atoms with Crippen molar-refractivity contribution in [3.63, 3.8) is 0 Å². The Hall–Kier alpha value is -0.580. The molecule has 1 unspecified atom stereocenters. The lowest BCUT2D eigenvalue weighted by Crippen LogP contribution is -1.96. The summed E-state index contributed by atoms with van der Waals surface area (Å²) in [7, 11) is 1.44. The maximum Gasteiger partial charge on any atom is 0.165 e. The van der Waals surface area contributed by atoms with Gasteiger partial charge in [-0.1, -0.05) is 49.5 Å². The molecule has 2 aromatic carbocycles. The molecule has 0 saturated carbocycles. The molecule has 1 atom stereocenters. The first-order valence-electron chi connectivity index (χ1n) is 5.45. The molecule has 0 bridgehead atoms. The van der Waals surface area contributed by atoms with Crippen molar-refractivity contribution in [2.45, 2.75) is 4.83 Å². The van der Waals surface area contributed by atoms with E-state index in [-0.39, 0.29) is 10.6 Å². The number of hydrogen-bond donors (Lipinski definition) is 0. The molecule has 0 heterocycles. The van der Waals surface area contributed by atoms with Gasteiger partial charge < -0.3 is 4.74 Å². The molecule has 0 radical (unpaired) electrons. The predicted octanol–water partition coefficient (Wildman–Crippen LogP) is 5.73. The highest BCUT2D eigenvalue weighted by Crippen LogP contribution is 2.37. The number of hydrogen-bond acceptors (Lipinski definition) is 1. The van der Waals surface area contributed by atoms with Gasteiger partial charge in [0, 0.05) is 9.50 Å². The lowest BCUT2D eigenvalue weighted by molar-refractivity contribution is 0.386. The largest absolute Gasteiger partial charge is 0.494 e. The molecule has 1 nitrogen and oxygen atoms in total. The van der Waals surface area contributed by atoms with Gasteiger partial charge in [-0.25, -0.2) is 4.39 Å². The summed E-state index contributed by atoms with van der Waals surface area (Å²) in [4.78, 5) is -0.182. The average molecular weight is 408 g/mol. The number of rotatable bonds is 3. The molecule has 0 N–H and O–H groups in total. The third kappa shape index (κ3) is 3.30. The molecule has 0 amide bonds. The normalized spacial score (nSPS) is 12.3. The number of halogens is 4. The zero-order valence-electron chi connectivity index (χ0n) is 9.96. The number of ether oxygens (including phenoxy) is 1. The second-order valence-corrected chi connectivity index (χ2v) is 6.16. The molecule has 100 valence electrons. The van der Waals surface area contributed by atoms with Crippen LogP contribution in [0.15, 0.2) is 40.9 Å². The van der Waals surface area contributed by atoms with Crippen LogP contribution in [0.1, 0.15) is 16.0 Å². The molecule has 0 aromatic heterocycles. The minimum Gasteiger partial charge on any atom is -0.494 e. The first-order chi connectivity index (χ1) is 9.02. The maximum absolute atomic E-state index is 13.7. The molecule has 0 saturated heterocycles. The van der Waals surface area contributed by atoms with Gasteiger partial charge in [-0.05, 0) is 41.5 Å². The van der Waals surface area contributed by atoms with Crippen molar-refractivity contribution in [1.82, 2.24) is 0 Å². The Bertz CT molecular complexity index is 604. The minimum absolute atomic E-state index is 0.182. The number of benzene rings is 2. The summed E-state index contributed by atoms with van der Waals surface area (Å²) in [5, 5.41) is 0.626. The van der Waals surface area contributed by atoms with Crippen molar-refractivity contribution in [2.24, 2.45) is 0 Å². The lowest BCUT2D eigenvalue weighted by Gasteiger charge is -2.14. The van der Waals surface area contributed by atoms with E-state index in [0.717, 1.165) is 15.6 Å². The van der Waals surface area contributed by atoms with E-state index in [2.05, 4.69) is 31.9 Å². The molecule has 0 aliphatic heterocycles. The monoisotopic (exact) mass is 406 g/mol. The molecule has 0 fully saturated rings. The van der Waals surface area contributed by atoms with Gasteiger partial charge in [-0.2, -0.15) is 0 Å². The highest BCUT2D eigenvalue weighted by atomic mass is 79.9. The topological polar surface area (TPSA) is 9.23 Å². The first kappa shape index (κ1) is 14.8. The van der Waals surface area contributed by atoms with Gasteiger partial charge in [0.2, 0.25) is 0 Å². The molecule has 2 aromatic rings. The summed E-state index contributed by atoms with van der Waals surface area (Å²) in [6.07, 6.45) is 0. The molecule has 0 spiro atoms. The van der Waals surface area contributed by atoms with Gasteiger partial charge in [-0.3, -0.25) is 0 Å². The smallest absolute Gasteiger partial charge is 0.165 e. The van der Waals surface area contributed by atoms with Crippen LogP contribution >= 0.6 is 43.5 Å². The third-order valence-corrected chi connectivity index (χ3v) is 4.56. The van der Waals surface area contributed by atoms with Gasteiger partial charge in [0.15, 0.2) is 11.6 Å². The second-order valence-electron chi connectivity index (χ2n) is 3.92. The summed E-state index contributed by atoms with van der Waals surface area (Å²) >= 11 is 13.1. The third-order valence-electron chi connectivity index (χ3n) is 2.70. The van der Waals surface area contributed by atoms with Crippen LogP contribution in [0.5, 0.6) is 5.75 Å². The molecule has 2 rings (SSSR count). The first-order valence-corrected chi connectivity index (χ1v) is 7.54. The summed E-state index contributed by atoms with van der Waals surface area (Å²) < 4.78 is 19.5. The summed E-state index contributed by atoms with van der Waals surface area (Å²) in [5.74, 6) is -0.167. The van der Waals surface area contributed by atoms with E-state index in [1.807, 2.05) is 12.1 Å². The van der Waals surface area contributed by atoms with Gasteiger partial charge in [-0.15, -0.1) is 0 Å². The van der Waals surface area contributed by atoms with Crippen molar-refractivity contribution in [3.05, 3.63) is 62.8 Å². The molecule has 0 aliphatic rings. The quantitative estimate of drug-likeness (QED) is 0.589. The van der Waals surface area contributed by atoms with Crippen molar-refractivity contribution >= 4 is 43.5 Å². The van der Waals surface area contributed by atoms with Gasteiger partial charge in [0.05, 0.1) is 11.9 Å². The van der Waals surface area contributed by atoms with Crippen LogP contribution in [0.25, 0.3) is 0 Å². The molecule has 5 heteroatoms. The lowest BCUT2D eigenvalue weighted by atomic mass is 10.0. The SMILES string of the molecule is COc1ccc(C(Br)c2cc(Br)ccc2Cl)cc1F. The fraction of sp³-hybridized carbons (Fsp3) is 0.143. The van der Waals surface area contributed by atoms with Crippen molar-refractivity contribution in [1.29, 1.82) is 0 Å². The Morgan fingerprint density at radius 1 is 1.21 bits per heavy atom. The zero-order chi connectivity index (χ0) is 14.0. The number of methoxy groups -OCH3 is 1. The van der Waals surface area contributed by atoms with E-state index in [1.54, 1.807) is 18.2 Å². The zero-order valence-corrected chi connectivity index (χ0v) is 13.9. The minimum atomic E-state index is -0.393. The Balaban J connectivity index is 2.41. The van der Waals surface area contributed by atoms with Crippen molar-refractivity contribution in [3.8, 4) is 5.75 Å². The Kier molecular flexibility index (Phi) is 4.87. The molecule has 19 heavy (non-hydrogen) atoms. The van der Waals surface area contributed by atoms with E-state index in [1.165, 1.54) is 13.2 Å². The highest BCUT2D eigenvalue weighted by Gasteiger charge is 2.16. The van der Waals surface area contributed by atoms with Crippen LogP contribution in [0.3, 0.4) is 0 Å². The van der Waals surface area contributed by atoms with E-state index in [0.29, 0.717) is 5.02 Å². The Labute approximate surface area is 133 Å². The van der Waals surface area contributed by atoms with Gasteiger partial charge in [0.25, 0.3) is 0 Å². The Morgan fingerprint density at radius 2 is 1.95 bits per heavy atom. The summed E-state index contributed by atoms with van der Waals surface area (Å²) in [5.41, 5.74) is 1.65. The summed E-state index contributed by atoms with van der Waals surface area (Å²) in [6, 6.07) is 10.4. The number of alkyl halides is 1. The van der Waals surface area contributed by atoms with E-state index < -0.39 is 5.82 Å². The van der Waals surface area contributed by atoms with Gasteiger partial charge in [0.1, 0.15) is 0 Å². The predicted molar refractivity (Wildman–Crippen MR) is 82.9 cm³/mol. The fourth-order valence-corrected chi connectivity index (χ4v) is 3.13. The van der Waals surface area contributed by atoms with Crippen LogP contribution < -0.4 is 4.74 Å². The maximum atomic E-state index is 13.7. The molecular weight excluding hydrogens is 398 g/mol. The van der Waals surface area contributed by atoms with Crippen LogP contribution in [0, 0.1) is 5.82 Å². The van der Waals surface area contributed by atoms with Crippen molar-refractivity contribution in [2.75, 3.05) is 7.11 Å². The van der Waals surface area contributed by atoms with Crippen LogP contribution in [-0.2, 0) is 0 Å². The average Bonchev–Trinajstić information content (AvgIpc) is 2.40. The van der Waals surface area contributed by atoms with E-state index >= 15 is 0 Å². The van der Waals surface area contributed by atoms with E-state index in [4.69, 9.17) is 16.3 Å². The van der Waals surface area contributed by atoms with Gasteiger partial charge >= 0.3 is 0 Å². The fourth-order valence-electron chi connectivity index (χ4n) is 1.73. The van der Waals surface area contributed by atoms with Crippen LogP contribution in [0.4, 0.5) is 4.39 Å².